The van der Waals surface area contributed by atoms with Crippen LogP contribution in [0.5, 0.6) is 0 Å². The zero-order valence-corrected chi connectivity index (χ0v) is 12.5. The fourth-order valence-electron chi connectivity index (χ4n) is 2.21. The Balaban J connectivity index is 1.82. The maximum Gasteiger partial charge on any atom is 0.249 e. The molecule has 0 saturated carbocycles. The Morgan fingerprint density at radius 2 is 1.55 bits per heavy atom. The number of anilines is 4. The molecule has 3 rings (SSSR count). The predicted octanol–water partition coefficient (Wildman–Crippen LogP) is 3.98. The summed E-state index contributed by atoms with van der Waals surface area (Å²) in [5.41, 5.74) is 4.26. The topological polar surface area (TPSA) is 62.7 Å². The maximum absolute atomic E-state index is 4.45. The zero-order valence-electron chi connectivity index (χ0n) is 12.5. The van der Waals surface area contributed by atoms with Crippen LogP contribution in [-0.2, 0) is 0 Å². The van der Waals surface area contributed by atoms with E-state index in [1.54, 1.807) is 6.20 Å². The van der Waals surface area contributed by atoms with E-state index in [2.05, 4.69) is 51.8 Å². The molecule has 1 aromatic heterocycles. The highest BCUT2D eigenvalue weighted by Gasteiger charge is 2.06. The van der Waals surface area contributed by atoms with Crippen molar-refractivity contribution in [3.63, 3.8) is 0 Å². The van der Waals surface area contributed by atoms with E-state index in [1.165, 1.54) is 0 Å². The fraction of sp³-hybridized carbons (Fsp3) is 0.118. The summed E-state index contributed by atoms with van der Waals surface area (Å²) in [6.45, 7) is 4.10. The number of aryl methyl sites for hydroxylation is 2. The van der Waals surface area contributed by atoms with Crippen LogP contribution >= 0.6 is 0 Å². The van der Waals surface area contributed by atoms with Gasteiger partial charge in [0.25, 0.3) is 0 Å². The van der Waals surface area contributed by atoms with Crippen LogP contribution in [0.4, 0.5) is 23.1 Å². The number of nitrogens with zero attached hydrogens (tertiary/aromatic N) is 3. The van der Waals surface area contributed by atoms with E-state index in [0.717, 1.165) is 22.5 Å². The molecule has 0 aliphatic rings. The number of rotatable bonds is 4. The minimum Gasteiger partial charge on any atom is -0.339 e. The van der Waals surface area contributed by atoms with Gasteiger partial charge in [0.05, 0.1) is 6.20 Å². The average Bonchev–Trinajstić information content (AvgIpc) is 2.53. The molecule has 22 heavy (non-hydrogen) atoms. The van der Waals surface area contributed by atoms with Crippen molar-refractivity contribution in [2.24, 2.45) is 0 Å². The van der Waals surface area contributed by atoms with Crippen LogP contribution in [0.15, 0.2) is 54.7 Å². The van der Waals surface area contributed by atoms with Crippen LogP contribution in [0.3, 0.4) is 0 Å². The van der Waals surface area contributed by atoms with Crippen molar-refractivity contribution in [1.29, 1.82) is 0 Å². The quantitative estimate of drug-likeness (QED) is 0.761. The number of benzene rings is 2. The van der Waals surface area contributed by atoms with E-state index < -0.39 is 0 Å². The van der Waals surface area contributed by atoms with Gasteiger partial charge in [-0.2, -0.15) is 10.1 Å². The van der Waals surface area contributed by atoms with Gasteiger partial charge in [-0.15, -0.1) is 5.10 Å². The van der Waals surface area contributed by atoms with Gasteiger partial charge >= 0.3 is 0 Å². The lowest BCUT2D eigenvalue weighted by Gasteiger charge is -2.11. The summed E-state index contributed by atoms with van der Waals surface area (Å²) in [6, 6.07) is 16.0. The smallest absolute Gasteiger partial charge is 0.249 e. The lowest BCUT2D eigenvalue weighted by molar-refractivity contribution is 0.981. The van der Waals surface area contributed by atoms with Gasteiger partial charge in [0.15, 0.2) is 5.82 Å². The highest BCUT2D eigenvalue weighted by molar-refractivity contribution is 5.63. The molecular formula is C17H17N5. The minimum absolute atomic E-state index is 0.471. The lowest BCUT2D eigenvalue weighted by Crippen LogP contribution is -2.04. The predicted molar refractivity (Wildman–Crippen MR) is 88.8 cm³/mol. The summed E-state index contributed by atoms with van der Waals surface area (Å²) in [7, 11) is 0. The van der Waals surface area contributed by atoms with Crippen molar-refractivity contribution in [3.05, 3.63) is 65.9 Å². The first-order chi connectivity index (χ1) is 10.7. The molecule has 1 heterocycles. The third-order valence-corrected chi connectivity index (χ3v) is 3.32. The molecule has 0 bridgehead atoms. The van der Waals surface area contributed by atoms with Crippen molar-refractivity contribution >= 4 is 23.1 Å². The van der Waals surface area contributed by atoms with E-state index in [-0.39, 0.29) is 0 Å². The van der Waals surface area contributed by atoms with Gasteiger partial charge in [0.1, 0.15) is 0 Å². The third-order valence-electron chi connectivity index (χ3n) is 3.32. The second-order valence-corrected chi connectivity index (χ2v) is 5.05. The molecule has 0 aliphatic heterocycles. The number of para-hydroxylation sites is 2. The molecular weight excluding hydrogens is 274 g/mol. The van der Waals surface area contributed by atoms with Crippen molar-refractivity contribution in [3.8, 4) is 0 Å². The van der Waals surface area contributed by atoms with Gasteiger partial charge < -0.3 is 10.6 Å². The Bertz CT molecular complexity index is 751. The number of aromatic nitrogens is 3. The molecule has 0 fully saturated rings. The van der Waals surface area contributed by atoms with E-state index in [1.807, 2.05) is 36.4 Å². The van der Waals surface area contributed by atoms with Gasteiger partial charge in [0, 0.05) is 11.4 Å². The Morgan fingerprint density at radius 1 is 0.818 bits per heavy atom. The van der Waals surface area contributed by atoms with Crippen molar-refractivity contribution in [1.82, 2.24) is 15.2 Å². The van der Waals surface area contributed by atoms with Gasteiger partial charge in [-0.1, -0.05) is 36.4 Å². The highest BCUT2D eigenvalue weighted by atomic mass is 15.3. The van der Waals surface area contributed by atoms with Gasteiger partial charge in [-0.25, -0.2) is 0 Å². The highest BCUT2D eigenvalue weighted by Crippen LogP contribution is 2.23. The first-order valence-corrected chi connectivity index (χ1v) is 7.07. The number of hydrogen-bond donors (Lipinski definition) is 2. The van der Waals surface area contributed by atoms with Crippen LogP contribution in [0.2, 0.25) is 0 Å². The van der Waals surface area contributed by atoms with Crippen molar-refractivity contribution in [2.75, 3.05) is 10.6 Å². The standard InChI is InChI=1S/C17H17N5/c1-12-7-6-8-13(2)16(12)21-17-20-15(11-18-22-17)19-14-9-4-3-5-10-14/h3-11H,1-2H3,(H2,19,20,21,22). The summed E-state index contributed by atoms with van der Waals surface area (Å²) >= 11 is 0. The summed E-state index contributed by atoms with van der Waals surface area (Å²) in [5, 5.41) is 14.5. The van der Waals surface area contributed by atoms with Gasteiger partial charge in [-0.05, 0) is 37.1 Å². The molecule has 3 aromatic rings. The molecule has 0 unspecified atom stereocenters. The molecule has 110 valence electrons. The molecule has 0 amide bonds. The SMILES string of the molecule is Cc1cccc(C)c1Nc1nncc(Nc2ccccc2)n1. The number of nitrogens with one attached hydrogen (secondary N) is 2. The Hall–Kier alpha value is -2.95. The first kappa shape index (κ1) is 14.0. The molecule has 0 atom stereocenters. The molecule has 2 N–H and O–H groups in total. The molecule has 0 spiro atoms. The van der Waals surface area contributed by atoms with E-state index in [9.17, 15) is 0 Å². The van der Waals surface area contributed by atoms with E-state index >= 15 is 0 Å². The second-order valence-electron chi connectivity index (χ2n) is 5.05. The van der Waals surface area contributed by atoms with E-state index in [4.69, 9.17) is 0 Å². The molecule has 0 saturated heterocycles. The normalized spacial score (nSPS) is 10.3. The molecule has 2 aromatic carbocycles. The van der Waals surface area contributed by atoms with Crippen LogP contribution in [0.25, 0.3) is 0 Å². The largest absolute Gasteiger partial charge is 0.339 e. The lowest BCUT2D eigenvalue weighted by atomic mass is 10.1. The third kappa shape index (κ3) is 3.20. The van der Waals surface area contributed by atoms with Crippen LogP contribution in [0, 0.1) is 13.8 Å². The summed E-state index contributed by atoms with van der Waals surface area (Å²) in [4.78, 5) is 4.45. The van der Waals surface area contributed by atoms with Crippen molar-refractivity contribution in [2.45, 2.75) is 13.8 Å². The molecule has 0 aliphatic carbocycles. The molecule has 5 nitrogen and oxygen atoms in total. The minimum atomic E-state index is 0.471. The monoisotopic (exact) mass is 291 g/mol. The summed E-state index contributed by atoms with van der Waals surface area (Å²) < 4.78 is 0. The zero-order chi connectivity index (χ0) is 15.4. The Morgan fingerprint density at radius 3 is 2.27 bits per heavy atom. The van der Waals surface area contributed by atoms with Crippen LogP contribution < -0.4 is 10.6 Å². The van der Waals surface area contributed by atoms with Gasteiger partial charge in [-0.3, -0.25) is 0 Å². The first-order valence-electron chi connectivity index (χ1n) is 7.07. The average molecular weight is 291 g/mol. The van der Waals surface area contributed by atoms with Crippen LogP contribution in [-0.4, -0.2) is 15.2 Å². The fourth-order valence-corrected chi connectivity index (χ4v) is 2.21. The summed E-state index contributed by atoms with van der Waals surface area (Å²) in [6.07, 6.45) is 1.60. The maximum atomic E-state index is 4.45. The summed E-state index contributed by atoms with van der Waals surface area (Å²) in [5.74, 6) is 1.12. The Kier molecular flexibility index (Phi) is 3.96. The molecule has 5 heteroatoms. The van der Waals surface area contributed by atoms with Gasteiger partial charge in [0.2, 0.25) is 5.95 Å². The van der Waals surface area contributed by atoms with Crippen LogP contribution in [0.1, 0.15) is 11.1 Å². The number of hydrogen-bond acceptors (Lipinski definition) is 5. The molecule has 0 radical (unpaired) electrons. The second kappa shape index (κ2) is 6.22. The Labute approximate surface area is 129 Å². The van der Waals surface area contributed by atoms with Crippen molar-refractivity contribution < 1.29 is 0 Å². The van der Waals surface area contributed by atoms with E-state index in [0.29, 0.717) is 11.8 Å².